The fourth-order valence-electron chi connectivity index (χ4n) is 2.25. The zero-order chi connectivity index (χ0) is 17.0. The summed E-state index contributed by atoms with van der Waals surface area (Å²) in [5, 5.41) is 12.9. The van der Waals surface area contributed by atoms with Crippen LogP contribution in [0.25, 0.3) is 10.9 Å². The van der Waals surface area contributed by atoms with Gasteiger partial charge < -0.3 is 19.9 Å². The van der Waals surface area contributed by atoms with Crippen molar-refractivity contribution in [1.82, 2.24) is 10.3 Å². The Morgan fingerprint density at radius 3 is 2.43 bits per heavy atom. The third-order valence-electron chi connectivity index (χ3n) is 3.77. The summed E-state index contributed by atoms with van der Waals surface area (Å²) in [5.74, 6) is 1.04. The summed E-state index contributed by atoms with van der Waals surface area (Å²) in [5.41, 5.74) is 1.14. The second kappa shape index (κ2) is 7.28. The van der Waals surface area contributed by atoms with Crippen LogP contribution < -0.4 is 14.8 Å². The van der Waals surface area contributed by atoms with E-state index in [1.807, 2.05) is 13.8 Å². The summed E-state index contributed by atoms with van der Waals surface area (Å²) in [6.07, 6.45) is 1.51. The second-order valence-corrected chi connectivity index (χ2v) is 5.63. The zero-order valence-corrected chi connectivity index (χ0v) is 13.8. The van der Waals surface area contributed by atoms with Crippen LogP contribution in [-0.4, -0.2) is 42.9 Å². The predicted octanol–water partition coefficient (Wildman–Crippen LogP) is 2.00. The van der Waals surface area contributed by atoms with Crippen molar-refractivity contribution in [1.29, 1.82) is 0 Å². The number of nitrogens with zero attached hydrogens (tertiary/aromatic N) is 1. The summed E-state index contributed by atoms with van der Waals surface area (Å²) < 4.78 is 10.5. The number of hydrogen-bond donors (Lipinski definition) is 2. The van der Waals surface area contributed by atoms with Crippen LogP contribution >= 0.6 is 0 Å². The van der Waals surface area contributed by atoms with Crippen molar-refractivity contribution < 1.29 is 19.4 Å². The highest BCUT2D eigenvalue weighted by atomic mass is 16.5. The van der Waals surface area contributed by atoms with E-state index in [2.05, 4.69) is 10.3 Å². The number of benzene rings is 1. The average Bonchev–Trinajstić information content (AvgIpc) is 2.57. The van der Waals surface area contributed by atoms with E-state index in [4.69, 9.17) is 9.47 Å². The molecular formula is C17H22N2O4. The smallest absolute Gasteiger partial charge is 0.253 e. The molecule has 124 valence electrons. The lowest BCUT2D eigenvalue weighted by atomic mass is 10.0. The molecule has 0 saturated heterocycles. The van der Waals surface area contributed by atoms with Gasteiger partial charge in [0.05, 0.1) is 37.9 Å². The van der Waals surface area contributed by atoms with Crippen LogP contribution in [0.5, 0.6) is 11.5 Å². The van der Waals surface area contributed by atoms with E-state index in [-0.39, 0.29) is 24.5 Å². The van der Waals surface area contributed by atoms with Gasteiger partial charge in [-0.3, -0.25) is 9.78 Å². The molecule has 0 bridgehead atoms. The number of rotatable bonds is 6. The van der Waals surface area contributed by atoms with Crippen molar-refractivity contribution in [2.45, 2.75) is 19.9 Å². The molecule has 23 heavy (non-hydrogen) atoms. The van der Waals surface area contributed by atoms with Gasteiger partial charge in [0.15, 0.2) is 11.5 Å². The van der Waals surface area contributed by atoms with Crippen LogP contribution in [0, 0.1) is 5.92 Å². The van der Waals surface area contributed by atoms with Gasteiger partial charge in [0, 0.05) is 17.6 Å². The number of ether oxygens (including phenoxy) is 2. The first-order valence-electron chi connectivity index (χ1n) is 7.43. The van der Waals surface area contributed by atoms with Gasteiger partial charge in [0.25, 0.3) is 5.91 Å². The molecule has 1 heterocycles. The summed E-state index contributed by atoms with van der Waals surface area (Å²) >= 11 is 0. The molecule has 1 aromatic heterocycles. The van der Waals surface area contributed by atoms with Crippen molar-refractivity contribution in [2.75, 3.05) is 20.8 Å². The van der Waals surface area contributed by atoms with E-state index < -0.39 is 0 Å². The quantitative estimate of drug-likeness (QED) is 0.851. The first-order valence-corrected chi connectivity index (χ1v) is 7.43. The third-order valence-corrected chi connectivity index (χ3v) is 3.77. The van der Waals surface area contributed by atoms with Crippen LogP contribution in [-0.2, 0) is 0 Å². The largest absolute Gasteiger partial charge is 0.493 e. The predicted molar refractivity (Wildman–Crippen MR) is 88.0 cm³/mol. The highest BCUT2D eigenvalue weighted by molar-refractivity contribution is 5.97. The van der Waals surface area contributed by atoms with Gasteiger partial charge in [0.1, 0.15) is 0 Å². The van der Waals surface area contributed by atoms with Crippen LogP contribution in [0.4, 0.5) is 0 Å². The maximum absolute atomic E-state index is 12.3. The fraction of sp³-hybridized carbons (Fsp3) is 0.412. The Kier molecular flexibility index (Phi) is 5.39. The molecule has 1 amide bonds. The van der Waals surface area contributed by atoms with Crippen LogP contribution in [0.2, 0.25) is 0 Å². The summed E-state index contributed by atoms with van der Waals surface area (Å²) in [6, 6.07) is 5.00. The first-order chi connectivity index (χ1) is 11.0. The monoisotopic (exact) mass is 318 g/mol. The fourth-order valence-corrected chi connectivity index (χ4v) is 2.25. The topological polar surface area (TPSA) is 80.7 Å². The number of fused-ring (bicyclic) bond motifs is 1. The molecular weight excluding hydrogens is 296 g/mol. The maximum Gasteiger partial charge on any atom is 0.253 e. The number of methoxy groups -OCH3 is 2. The molecule has 0 aliphatic heterocycles. The molecule has 0 aliphatic rings. The van der Waals surface area contributed by atoms with E-state index in [0.717, 1.165) is 5.39 Å². The maximum atomic E-state index is 12.3. The van der Waals surface area contributed by atoms with E-state index in [0.29, 0.717) is 22.6 Å². The molecule has 0 aliphatic carbocycles. The minimum atomic E-state index is -0.288. The number of aliphatic hydroxyl groups excluding tert-OH is 1. The highest BCUT2D eigenvalue weighted by Gasteiger charge is 2.17. The summed E-state index contributed by atoms with van der Waals surface area (Å²) in [7, 11) is 3.12. The Bertz CT molecular complexity index is 700. The summed E-state index contributed by atoms with van der Waals surface area (Å²) in [4.78, 5) is 16.6. The minimum Gasteiger partial charge on any atom is -0.493 e. The van der Waals surface area contributed by atoms with Crippen molar-refractivity contribution >= 4 is 16.8 Å². The highest BCUT2D eigenvalue weighted by Crippen LogP contribution is 2.31. The first kappa shape index (κ1) is 17.0. The van der Waals surface area contributed by atoms with E-state index in [1.54, 1.807) is 32.4 Å². The summed E-state index contributed by atoms with van der Waals surface area (Å²) in [6.45, 7) is 3.78. The van der Waals surface area contributed by atoms with Crippen molar-refractivity contribution in [3.63, 3.8) is 0 Å². The van der Waals surface area contributed by atoms with E-state index in [9.17, 15) is 9.90 Å². The molecule has 2 aromatic rings. The number of hydrogen-bond acceptors (Lipinski definition) is 5. The molecule has 1 atom stereocenters. The lowest BCUT2D eigenvalue weighted by Gasteiger charge is -2.19. The Morgan fingerprint density at radius 2 is 1.87 bits per heavy atom. The average molecular weight is 318 g/mol. The van der Waals surface area contributed by atoms with Gasteiger partial charge >= 0.3 is 0 Å². The van der Waals surface area contributed by atoms with Gasteiger partial charge in [0.2, 0.25) is 0 Å². The molecule has 6 heteroatoms. The Morgan fingerprint density at radius 1 is 1.22 bits per heavy atom. The number of amides is 1. The van der Waals surface area contributed by atoms with Crippen LogP contribution in [0.15, 0.2) is 24.4 Å². The Hall–Kier alpha value is -2.34. The van der Waals surface area contributed by atoms with Crippen molar-refractivity contribution in [2.24, 2.45) is 5.92 Å². The van der Waals surface area contributed by atoms with Crippen molar-refractivity contribution in [3.8, 4) is 11.5 Å². The number of nitrogens with one attached hydrogen (secondary N) is 1. The lowest BCUT2D eigenvalue weighted by molar-refractivity contribution is 0.0896. The molecule has 0 fully saturated rings. The standard InChI is InChI=1S/C17H22N2O4/c1-10(2)14(9-20)19-17(21)12-5-11-6-15(22-3)16(23-4)7-13(11)18-8-12/h5-8,10,14,20H,9H2,1-4H3,(H,19,21). The number of aliphatic hydroxyl groups is 1. The number of pyridine rings is 1. The second-order valence-electron chi connectivity index (χ2n) is 5.63. The van der Waals surface area contributed by atoms with Gasteiger partial charge in [-0.15, -0.1) is 0 Å². The Balaban J connectivity index is 2.34. The van der Waals surface area contributed by atoms with Crippen molar-refractivity contribution in [3.05, 3.63) is 30.0 Å². The molecule has 0 saturated carbocycles. The lowest BCUT2D eigenvalue weighted by Crippen LogP contribution is -2.41. The van der Waals surface area contributed by atoms with E-state index in [1.165, 1.54) is 6.20 Å². The minimum absolute atomic E-state index is 0.102. The Labute approximate surface area is 135 Å². The van der Waals surface area contributed by atoms with Gasteiger partial charge in [-0.05, 0) is 18.1 Å². The van der Waals surface area contributed by atoms with Crippen LogP contribution in [0.1, 0.15) is 24.2 Å². The van der Waals surface area contributed by atoms with Gasteiger partial charge in [-0.2, -0.15) is 0 Å². The normalized spacial score (nSPS) is 12.3. The number of aromatic nitrogens is 1. The molecule has 0 radical (unpaired) electrons. The van der Waals surface area contributed by atoms with Crippen LogP contribution in [0.3, 0.4) is 0 Å². The van der Waals surface area contributed by atoms with Gasteiger partial charge in [-0.1, -0.05) is 13.8 Å². The zero-order valence-electron chi connectivity index (χ0n) is 13.8. The molecule has 1 unspecified atom stereocenters. The molecule has 1 aromatic carbocycles. The third kappa shape index (κ3) is 3.71. The molecule has 2 N–H and O–H groups in total. The SMILES string of the molecule is COc1cc2cc(C(=O)NC(CO)C(C)C)cnc2cc1OC. The number of carbonyl (C=O) groups is 1. The number of carbonyl (C=O) groups excluding carboxylic acids is 1. The molecule has 2 rings (SSSR count). The molecule has 0 spiro atoms. The van der Waals surface area contributed by atoms with E-state index >= 15 is 0 Å². The van der Waals surface area contributed by atoms with Gasteiger partial charge in [-0.25, -0.2) is 0 Å². The molecule has 6 nitrogen and oxygen atoms in total.